The number of carbonyl (C=O) groups is 1. The van der Waals surface area contributed by atoms with Crippen LogP contribution in [0.3, 0.4) is 0 Å². The first-order valence-corrected chi connectivity index (χ1v) is 7.86. The van der Waals surface area contributed by atoms with Crippen LogP contribution in [0.25, 0.3) is 0 Å². The molecule has 1 amide bonds. The third-order valence-corrected chi connectivity index (χ3v) is 3.56. The van der Waals surface area contributed by atoms with E-state index < -0.39 is 0 Å². The average Bonchev–Trinajstić information content (AvgIpc) is 2.49. The van der Waals surface area contributed by atoms with Gasteiger partial charge in [0.25, 0.3) is 5.91 Å². The summed E-state index contributed by atoms with van der Waals surface area (Å²) in [6.07, 6.45) is 3.68. The van der Waals surface area contributed by atoms with E-state index in [0.29, 0.717) is 5.56 Å². The van der Waals surface area contributed by atoms with E-state index in [9.17, 15) is 4.79 Å². The zero-order valence-electron chi connectivity index (χ0n) is 12.9. The van der Waals surface area contributed by atoms with Gasteiger partial charge in [-0.1, -0.05) is 13.3 Å². The zero-order chi connectivity index (χ0) is 15.1. The van der Waals surface area contributed by atoms with Crippen LogP contribution in [0.1, 0.15) is 49.2 Å². The van der Waals surface area contributed by atoms with Crippen molar-refractivity contribution in [3.63, 3.8) is 0 Å². The third kappa shape index (κ3) is 4.70. The number of rotatable bonds is 6. The van der Waals surface area contributed by atoms with Crippen molar-refractivity contribution in [2.24, 2.45) is 0 Å². The van der Waals surface area contributed by atoms with E-state index in [0.717, 1.165) is 57.0 Å². The molecule has 0 aliphatic carbocycles. The van der Waals surface area contributed by atoms with Gasteiger partial charge >= 0.3 is 0 Å². The zero-order valence-corrected chi connectivity index (χ0v) is 12.9. The molecule has 2 rings (SSSR count). The number of pyridine rings is 1. The van der Waals surface area contributed by atoms with Crippen LogP contribution in [0.5, 0.6) is 0 Å². The lowest BCUT2D eigenvalue weighted by molar-refractivity contribution is 0.0696. The van der Waals surface area contributed by atoms with Crippen molar-refractivity contribution in [1.29, 1.82) is 0 Å². The molecule has 0 bridgehead atoms. The highest BCUT2D eigenvalue weighted by Crippen LogP contribution is 2.14. The molecule has 0 unspecified atom stereocenters. The number of hydrogen-bond acceptors (Lipinski definition) is 4. The van der Waals surface area contributed by atoms with Crippen LogP contribution in [0.15, 0.2) is 12.1 Å². The second-order valence-corrected chi connectivity index (χ2v) is 5.37. The summed E-state index contributed by atoms with van der Waals surface area (Å²) in [5.41, 5.74) is 1.66. The number of carbonyl (C=O) groups excluding carboxylic acids is 1. The van der Waals surface area contributed by atoms with Crippen LogP contribution in [0.4, 0.5) is 5.82 Å². The second-order valence-electron chi connectivity index (χ2n) is 5.37. The fourth-order valence-corrected chi connectivity index (χ4v) is 2.49. The quantitative estimate of drug-likeness (QED) is 0.844. The number of hydrogen-bond donors (Lipinski definition) is 2. The molecule has 1 aromatic rings. The summed E-state index contributed by atoms with van der Waals surface area (Å²) >= 11 is 0. The minimum absolute atomic E-state index is 0.0131. The number of ether oxygens (including phenoxy) is 1. The normalized spacial score (nSPS) is 15.7. The van der Waals surface area contributed by atoms with Crippen molar-refractivity contribution >= 4 is 11.7 Å². The molecular weight excluding hydrogens is 266 g/mol. The van der Waals surface area contributed by atoms with Gasteiger partial charge in [0.2, 0.25) is 0 Å². The molecular formula is C16H25N3O2. The van der Waals surface area contributed by atoms with E-state index in [1.165, 1.54) is 0 Å². The standard InChI is InChI=1S/C16H25N3O2/c1-3-5-14-10-12(11-15(18-14)17-4-2)16(20)19-13-6-8-21-9-7-13/h10-11,13H,3-9H2,1-2H3,(H,17,18)(H,19,20). The van der Waals surface area contributed by atoms with Crippen LogP contribution >= 0.6 is 0 Å². The summed E-state index contributed by atoms with van der Waals surface area (Å²) < 4.78 is 5.32. The largest absolute Gasteiger partial charge is 0.381 e. The van der Waals surface area contributed by atoms with Gasteiger partial charge in [-0.15, -0.1) is 0 Å². The molecule has 0 saturated carbocycles. The number of amides is 1. The Labute approximate surface area is 126 Å². The summed E-state index contributed by atoms with van der Waals surface area (Å²) in [7, 11) is 0. The van der Waals surface area contributed by atoms with E-state index >= 15 is 0 Å². The third-order valence-electron chi connectivity index (χ3n) is 3.56. The van der Waals surface area contributed by atoms with Gasteiger partial charge in [0, 0.05) is 37.1 Å². The van der Waals surface area contributed by atoms with Crippen molar-refractivity contribution in [2.45, 2.75) is 45.6 Å². The Kier molecular flexibility index (Phi) is 5.99. The predicted molar refractivity (Wildman–Crippen MR) is 83.7 cm³/mol. The average molecular weight is 291 g/mol. The molecule has 1 aromatic heterocycles. The Morgan fingerprint density at radius 2 is 2.10 bits per heavy atom. The van der Waals surface area contributed by atoms with Crippen molar-refractivity contribution < 1.29 is 9.53 Å². The Balaban J connectivity index is 2.10. The summed E-state index contributed by atoms with van der Waals surface area (Å²) in [6.45, 7) is 6.39. The van der Waals surface area contributed by atoms with E-state index in [-0.39, 0.29) is 11.9 Å². The predicted octanol–water partition coefficient (Wildman–Crippen LogP) is 2.37. The number of nitrogens with zero attached hydrogens (tertiary/aromatic N) is 1. The highest BCUT2D eigenvalue weighted by molar-refractivity contribution is 5.95. The van der Waals surface area contributed by atoms with E-state index in [2.05, 4.69) is 22.5 Å². The maximum absolute atomic E-state index is 12.4. The molecule has 0 aromatic carbocycles. The topological polar surface area (TPSA) is 63.2 Å². The SMILES string of the molecule is CCCc1cc(C(=O)NC2CCOCC2)cc(NCC)n1. The lowest BCUT2D eigenvalue weighted by atomic mass is 10.1. The van der Waals surface area contributed by atoms with E-state index in [1.807, 2.05) is 19.1 Å². The van der Waals surface area contributed by atoms with Crippen LogP contribution in [-0.2, 0) is 11.2 Å². The number of aromatic nitrogens is 1. The molecule has 0 spiro atoms. The van der Waals surface area contributed by atoms with Crippen LogP contribution in [0.2, 0.25) is 0 Å². The van der Waals surface area contributed by atoms with Crippen molar-refractivity contribution in [1.82, 2.24) is 10.3 Å². The maximum atomic E-state index is 12.4. The van der Waals surface area contributed by atoms with Gasteiger partial charge in [0.15, 0.2) is 0 Å². The Morgan fingerprint density at radius 1 is 1.33 bits per heavy atom. The summed E-state index contributed by atoms with van der Waals surface area (Å²) in [6, 6.07) is 3.95. The minimum Gasteiger partial charge on any atom is -0.381 e. The molecule has 5 heteroatoms. The fourth-order valence-electron chi connectivity index (χ4n) is 2.49. The Bertz CT molecular complexity index is 446. The maximum Gasteiger partial charge on any atom is 0.251 e. The first-order chi connectivity index (χ1) is 10.2. The lowest BCUT2D eigenvalue weighted by Gasteiger charge is -2.23. The van der Waals surface area contributed by atoms with Gasteiger partial charge in [-0.05, 0) is 38.3 Å². The molecule has 116 valence electrons. The van der Waals surface area contributed by atoms with Gasteiger partial charge in [0.1, 0.15) is 5.82 Å². The molecule has 1 aliphatic heterocycles. The van der Waals surface area contributed by atoms with E-state index in [4.69, 9.17) is 4.74 Å². The first kappa shape index (κ1) is 15.8. The summed E-state index contributed by atoms with van der Waals surface area (Å²) in [5, 5.41) is 6.29. The highest BCUT2D eigenvalue weighted by Gasteiger charge is 2.18. The van der Waals surface area contributed by atoms with Crippen molar-refractivity contribution in [3.8, 4) is 0 Å². The van der Waals surface area contributed by atoms with Gasteiger partial charge in [-0.2, -0.15) is 0 Å². The van der Waals surface area contributed by atoms with Crippen LogP contribution in [0, 0.1) is 0 Å². The Hall–Kier alpha value is -1.62. The lowest BCUT2D eigenvalue weighted by Crippen LogP contribution is -2.39. The van der Waals surface area contributed by atoms with Crippen molar-refractivity contribution in [2.75, 3.05) is 25.1 Å². The summed E-state index contributed by atoms with van der Waals surface area (Å²) in [5.74, 6) is 0.765. The molecule has 2 N–H and O–H groups in total. The molecule has 5 nitrogen and oxygen atoms in total. The molecule has 2 heterocycles. The van der Waals surface area contributed by atoms with Crippen LogP contribution < -0.4 is 10.6 Å². The molecule has 1 saturated heterocycles. The van der Waals surface area contributed by atoms with Crippen molar-refractivity contribution in [3.05, 3.63) is 23.4 Å². The smallest absolute Gasteiger partial charge is 0.251 e. The molecule has 0 atom stereocenters. The molecule has 21 heavy (non-hydrogen) atoms. The molecule has 1 aliphatic rings. The van der Waals surface area contributed by atoms with E-state index in [1.54, 1.807) is 0 Å². The van der Waals surface area contributed by atoms with Gasteiger partial charge in [-0.3, -0.25) is 4.79 Å². The monoisotopic (exact) mass is 291 g/mol. The second kappa shape index (κ2) is 7.98. The number of anilines is 1. The molecule has 0 radical (unpaired) electrons. The fraction of sp³-hybridized carbons (Fsp3) is 0.625. The minimum atomic E-state index is -0.0131. The Morgan fingerprint density at radius 3 is 2.76 bits per heavy atom. The molecule has 1 fully saturated rings. The number of nitrogens with one attached hydrogen (secondary N) is 2. The van der Waals surface area contributed by atoms with Gasteiger partial charge in [0.05, 0.1) is 0 Å². The number of aryl methyl sites for hydroxylation is 1. The summed E-state index contributed by atoms with van der Waals surface area (Å²) in [4.78, 5) is 16.9. The first-order valence-electron chi connectivity index (χ1n) is 7.86. The van der Waals surface area contributed by atoms with Gasteiger partial charge < -0.3 is 15.4 Å². The van der Waals surface area contributed by atoms with Gasteiger partial charge in [-0.25, -0.2) is 4.98 Å². The van der Waals surface area contributed by atoms with Crippen LogP contribution in [-0.4, -0.2) is 36.7 Å². The highest BCUT2D eigenvalue weighted by atomic mass is 16.5.